The van der Waals surface area contributed by atoms with E-state index in [1.54, 1.807) is 12.1 Å². The minimum Gasteiger partial charge on any atom is -0.508 e. The predicted octanol–water partition coefficient (Wildman–Crippen LogP) is 3.01. The molecule has 0 saturated carbocycles. The summed E-state index contributed by atoms with van der Waals surface area (Å²) in [4.78, 5) is 29.4. The molecule has 4 rings (SSSR count). The average molecular weight is 364 g/mol. The summed E-state index contributed by atoms with van der Waals surface area (Å²) in [6.45, 7) is 1.28. The molecule has 1 N–H and O–H groups in total. The topological polar surface area (TPSA) is 60.9 Å². The molecule has 2 saturated heterocycles. The van der Waals surface area contributed by atoms with E-state index in [9.17, 15) is 14.7 Å². The SMILES string of the molecule is CN1C(=O)C(c2ccccc2)CC12CCN(C(=O)c1ccc(O)cc1)CC2. The maximum Gasteiger partial charge on any atom is 0.253 e. The molecule has 0 aromatic heterocycles. The van der Waals surface area contributed by atoms with Crippen molar-refractivity contribution in [1.29, 1.82) is 0 Å². The Balaban J connectivity index is 1.47. The molecule has 2 heterocycles. The molecule has 2 aliphatic heterocycles. The van der Waals surface area contributed by atoms with Crippen molar-refractivity contribution in [1.82, 2.24) is 9.80 Å². The van der Waals surface area contributed by atoms with Gasteiger partial charge in [0.25, 0.3) is 5.91 Å². The molecule has 2 fully saturated rings. The maximum atomic E-state index is 12.9. The number of rotatable bonds is 2. The summed E-state index contributed by atoms with van der Waals surface area (Å²) in [5.41, 5.74) is 1.50. The highest BCUT2D eigenvalue weighted by Gasteiger charge is 2.50. The maximum absolute atomic E-state index is 12.9. The van der Waals surface area contributed by atoms with Crippen LogP contribution in [0.4, 0.5) is 0 Å². The summed E-state index contributed by atoms with van der Waals surface area (Å²) in [7, 11) is 1.91. The smallest absolute Gasteiger partial charge is 0.253 e. The lowest BCUT2D eigenvalue weighted by molar-refractivity contribution is -0.131. The summed E-state index contributed by atoms with van der Waals surface area (Å²) in [6, 6.07) is 16.4. The third-order valence-electron chi connectivity index (χ3n) is 6.22. The summed E-state index contributed by atoms with van der Waals surface area (Å²) >= 11 is 0. The van der Waals surface area contributed by atoms with Crippen LogP contribution < -0.4 is 0 Å². The number of likely N-dealkylation sites (tertiary alicyclic amines) is 2. The highest BCUT2D eigenvalue weighted by Crippen LogP contribution is 2.44. The molecule has 2 amide bonds. The van der Waals surface area contributed by atoms with Crippen LogP contribution >= 0.6 is 0 Å². The van der Waals surface area contributed by atoms with E-state index in [0.717, 1.165) is 24.8 Å². The van der Waals surface area contributed by atoms with Gasteiger partial charge in [-0.3, -0.25) is 9.59 Å². The second kappa shape index (κ2) is 6.72. The Morgan fingerprint density at radius 2 is 1.67 bits per heavy atom. The molecule has 0 bridgehead atoms. The molecule has 5 nitrogen and oxygen atoms in total. The van der Waals surface area contributed by atoms with Crippen molar-refractivity contribution in [3.05, 3.63) is 65.7 Å². The van der Waals surface area contributed by atoms with E-state index in [0.29, 0.717) is 18.7 Å². The van der Waals surface area contributed by atoms with E-state index in [1.807, 2.05) is 47.2 Å². The highest BCUT2D eigenvalue weighted by atomic mass is 16.3. The summed E-state index contributed by atoms with van der Waals surface area (Å²) in [6.07, 6.45) is 2.40. The first-order valence-corrected chi connectivity index (χ1v) is 9.41. The van der Waals surface area contributed by atoms with Crippen LogP contribution in [0.2, 0.25) is 0 Å². The Morgan fingerprint density at radius 1 is 1.04 bits per heavy atom. The van der Waals surface area contributed by atoms with Crippen LogP contribution in [-0.2, 0) is 4.79 Å². The number of phenols is 1. The molecule has 1 atom stereocenters. The van der Waals surface area contributed by atoms with E-state index in [1.165, 1.54) is 12.1 Å². The normalized spacial score (nSPS) is 21.7. The Morgan fingerprint density at radius 3 is 2.30 bits per heavy atom. The van der Waals surface area contributed by atoms with Gasteiger partial charge in [-0.1, -0.05) is 30.3 Å². The minimum atomic E-state index is -0.163. The van der Waals surface area contributed by atoms with Crippen molar-refractivity contribution in [3.63, 3.8) is 0 Å². The van der Waals surface area contributed by atoms with Gasteiger partial charge >= 0.3 is 0 Å². The molecule has 0 radical (unpaired) electrons. The van der Waals surface area contributed by atoms with Gasteiger partial charge in [0.1, 0.15) is 5.75 Å². The fraction of sp³-hybridized carbons (Fsp3) is 0.364. The lowest BCUT2D eigenvalue weighted by Gasteiger charge is -2.43. The number of carbonyl (C=O) groups excluding carboxylic acids is 2. The van der Waals surface area contributed by atoms with Crippen LogP contribution in [0, 0.1) is 0 Å². The Hall–Kier alpha value is -2.82. The van der Waals surface area contributed by atoms with E-state index in [-0.39, 0.29) is 29.0 Å². The molecule has 1 unspecified atom stereocenters. The standard InChI is InChI=1S/C22H24N2O3/c1-23-21(27)19(16-5-3-2-4-6-16)15-22(23)11-13-24(14-12-22)20(26)17-7-9-18(25)10-8-17/h2-10,19,25H,11-15H2,1H3. The molecule has 27 heavy (non-hydrogen) atoms. The minimum absolute atomic E-state index is 0.0172. The summed E-state index contributed by atoms with van der Waals surface area (Å²) in [5, 5.41) is 9.40. The van der Waals surface area contributed by atoms with Crippen molar-refractivity contribution >= 4 is 11.8 Å². The van der Waals surface area contributed by atoms with Crippen LogP contribution in [0.25, 0.3) is 0 Å². The van der Waals surface area contributed by atoms with Crippen molar-refractivity contribution in [3.8, 4) is 5.75 Å². The van der Waals surface area contributed by atoms with Crippen LogP contribution in [0.1, 0.15) is 41.1 Å². The molecule has 2 aromatic rings. The van der Waals surface area contributed by atoms with Crippen molar-refractivity contribution in [2.45, 2.75) is 30.7 Å². The molecule has 1 spiro atoms. The Labute approximate surface area is 159 Å². The first-order valence-electron chi connectivity index (χ1n) is 9.41. The number of phenolic OH excluding ortho intramolecular Hbond substituents is 1. The van der Waals surface area contributed by atoms with Gasteiger partial charge in [0.05, 0.1) is 5.92 Å². The van der Waals surface area contributed by atoms with E-state index < -0.39 is 0 Å². The number of carbonyl (C=O) groups is 2. The number of nitrogens with zero attached hydrogens (tertiary/aromatic N) is 2. The largest absolute Gasteiger partial charge is 0.508 e. The number of hydrogen-bond donors (Lipinski definition) is 1. The number of aromatic hydroxyl groups is 1. The van der Waals surface area contributed by atoms with E-state index in [2.05, 4.69) is 0 Å². The van der Waals surface area contributed by atoms with Gasteiger partial charge in [0, 0.05) is 31.2 Å². The van der Waals surface area contributed by atoms with E-state index in [4.69, 9.17) is 0 Å². The van der Waals surface area contributed by atoms with Crippen LogP contribution in [-0.4, -0.2) is 52.4 Å². The van der Waals surface area contributed by atoms with Crippen molar-refractivity contribution < 1.29 is 14.7 Å². The summed E-state index contributed by atoms with van der Waals surface area (Å²) < 4.78 is 0. The third kappa shape index (κ3) is 3.07. The highest BCUT2D eigenvalue weighted by molar-refractivity contribution is 5.94. The zero-order valence-corrected chi connectivity index (χ0v) is 15.5. The number of hydrogen-bond acceptors (Lipinski definition) is 3. The van der Waals surface area contributed by atoms with Gasteiger partial charge in [-0.25, -0.2) is 0 Å². The zero-order chi connectivity index (χ0) is 19.0. The number of piperidine rings is 1. The third-order valence-corrected chi connectivity index (χ3v) is 6.22. The van der Waals surface area contributed by atoms with Crippen molar-refractivity contribution in [2.75, 3.05) is 20.1 Å². The van der Waals surface area contributed by atoms with E-state index >= 15 is 0 Å². The number of likely N-dealkylation sites (N-methyl/N-ethyl adjacent to an activating group) is 1. The molecule has 5 heteroatoms. The van der Waals surface area contributed by atoms with Crippen LogP contribution in [0.3, 0.4) is 0 Å². The van der Waals surface area contributed by atoms with Crippen LogP contribution in [0.15, 0.2) is 54.6 Å². The monoisotopic (exact) mass is 364 g/mol. The molecule has 2 aromatic carbocycles. The summed E-state index contributed by atoms with van der Waals surface area (Å²) in [5.74, 6) is 0.230. The number of amides is 2. The molecular formula is C22H24N2O3. The molecule has 0 aliphatic carbocycles. The van der Waals surface area contributed by atoms with Gasteiger partial charge in [-0.2, -0.15) is 0 Å². The molecule has 2 aliphatic rings. The predicted molar refractivity (Wildman–Crippen MR) is 103 cm³/mol. The fourth-order valence-corrected chi connectivity index (χ4v) is 4.47. The number of benzene rings is 2. The van der Waals surface area contributed by atoms with Gasteiger partial charge in [0.15, 0.2) is 0 Å². The quantitative estimate of drug-likeness (QED) is 0.891. The second-order valence-electron chi connectivity index (χ2n) is 7.63. The first-order chi connectivity index (χ1) is 13.0. The Bertz CT molecular complexity index is 840. The Kier molecular flexibility index (Phi) is 4.38. The zero-order valence-electron chi connectivity index (χ0n) is 15.5. The van der Waals surface area contributed by atoms with Crippen molar-refractivity contribution in [2.24, 2.45) is 0 Å². The second-order valence-corrected chi connectivity index (χ2v) is 7.63. The average Bonchev–Trinajstić information content (AvgIpc) is 2.95. The lowest BCUT2D eigenvalue weighted by Crippen LogP contribution is -2.52. The fourth-order valence-electron chi connectivity index (χ4n) is 4.47. The van der Waals surface area contributed by atoms with Gasteiger partial charge in [-0.05, 0) is 49.1 Å². The first kappa shape index (κ1) is 17.6. The van der Waals surface area contributed by atoms with Gasteiger partial charge < -0.3 is 14.9 Å². The van der Waals surface area contributed by atoms with Gasteiger partial charge in [-0.15, -0.1) is 0 Å². The molecular weight excluding hydrogens is 340 g/mol. The van der Waals surface area contributed by atoms with Crippen LogP contribution in [0.5, 0.6) is 5.75 Å². The molecule has 140 valence electrons. The van der Waals surface area contributed by atoms with Gasteiger partial charge in [0.2, 0.25) is 5.91 Å². The lowest BCUT2D eigenvalue weighted by atomic mass is 9.81.